The summed E-state index contributed by atoms with van der Waals surface area (Å²) in [6.07, 6.45) is 0.724. The van der Waals surface area contributed by atoms with Crippen molar-refractivity contribution in [1.29, 1.82) is 0 Å². The fourth-order valence-corrected chi connectivity index (χ4v) is 0.948. The van der Waals surface area contributed by atoms with E-state index in [0.717, 1.165) is 6.26 Å². The lowest BCUT2D eigenvalue weighted by Gasteiger charge is -2.04. The van der Waals surface area contributed by atoms with Gasteiger partial charge in [0.15, 0.2) is 0 Å². The van der Waals surface area contributed by atoms with Gasteiger partial charge in [0.1, 0.15) is 6.10 Å². The molecule has 0 amide bonds. The third kappa shape index (κ3) is 0.875. The summed E-state index contributed by atoms with van der Waals surface area (Å²) in [5.41, 5.74) is 0.368. The highest BCUT2D eigenvalue weighted by atomic mass is 16.6. The SMILES string of the molecule is CC1OC(=O)/C(=C/O)C1C. The van der Waals surface area contributed by atoms with Crippen LogP contribution in [-0.2, 0) is 9.53 Å². The highest BCUT2D eigenvalue weighted by molar-refractivity contribution is 5.90. The minimum atomic E-state index is -0.400. The molecule has 56 valence electrons. The average Bonchev–Trinajstić information content (AvgIpc) is 2.09. The molecule has 0 radical (unpaired) electrons. The Hall–Kier alpha value is -0.990. The Morgan fingerprint density at radius 2 is 2.20 bits per heavy atom. The third-order valence-corrected chi connectivity index (χ3v) is 1.86. The van der Waals surface area contributed by atoms with Gasteiger partial charge >= 0.3 is 5.97 Å². The molecule has 0 bridgehead atoms. The Labute approximate surface area is 59.3 Å². The second-order valence-corrected chi connectivity index (χ2v) is 2.48. The molecule has 0 aromatic rings. The van der Waals surface area contributed by atoms with Crippen LogP contribution in [0.15, 0.2) is 11.8 Å². The van der Waals surface area contributed by atoms with E-state index < -0.39 is 5.97 Å². The number of carbonyl (C=O) groups excluding carboxylic acids is 1. The molecule has 1 N–H and O–H groups in total. The molecule has 2 atom stereocenters. The van der Waals surface area contributed by atoms with Gasteiger partial charge in [-0.2, -0.15) is 0 Å². The van der Waals surface area contributed by atoms with Gasteiger partial charge in [0.2, 0.25) is 0 Å². The molecule has 1 aliphatic heterocycles. The Kier molecular flexibility index (Phi) is 1.66. The smallest absolute Gasteiger partial charge is 0.337 e. The van der Waals surface area contributed by atoms with Crippen molar-refractivity contribution >= 4 is 5.97 Å². The summed E-state index contributed by atoms with van der Waals surface area (Å²) in [7, 11) is 0. The van der Waals surface area contributed by atoms with Crippen molar-refractivity contribution in [1.82, 2.24) is 0 Å². The first-order valence-electron chi connectivity index (χ1n) is 3.22. The van der Waals surface area contributed by atoms with Crippen LogP contribution in [0.4, 0.5) is 0 Å². The van der Waals surface area contributed by atoms with E-state index >= 15 is 0 Å². The first-order valence-corrected chi connectivity index (χ1v) is 3.22. The molecule has 1 aliphatic rings. The Morgan fingerprint density at radius 1 is 1.60 bits per heavy atom. The van der Waals surface area contributed by atoms with Crippen LogP contribution in [0.3, 0.4) is 0 Å². The molecule has 1 fully saturated rings. The molecule has 1 rings (SSSR count). The zero-order valence-electron chi connectivity index (χ0n) is 6.00. The van der Waals surface area contributed by atoms with E-state index in [4.69, 9.17) is 9.84 Å². The topological polar surface area (TPSA) is 46.5 Å². The van der Waals surface area contributed by atoms with E-state index in [9.17, 15) is 4.79 Å². The molecule has 0 saturated carbocycles. The quantitative estimate of drug-likeness (QED) is 0.312. The van der Waals surface area contributed by atoms with E-state index in [-0.39, 0.29) is 12.0 Å². The number of hydrogen-bond donors (Lipinski definition) is 1. The van der Waals surface area contributed by atoms with Gasteiger partial charge in [0, 0.05) is 5.92 Å². The van der Waals surface area contributed by atoms with Gasteiger partial charge in [-0.25, -0.2) is 4.79 Å². The Balaban J connectivity index is 2.85. The van der Waals surface area contributed by atoms with E-state index in [1.54, 1.807) is 6.92 Å². The number of carbonyl (C=O) groups is 1. The molecule has 0 spiro atoms. The second kappa shape index (κ2) is 2.33. The molecule has 2 unspecified atom stereocenters. The fourth-order valence-electron chi connectivity index (χ4n) is 0.948. The molecule has 0 aliphatic carbocycles. The molecule has 3 nitrogen and oxygen atoms in total. The largest absolute Gasteiger partial charge is 0.515 e. The zero-order valence-corrected chi connectivity index (χ0v) is 6.00. The second-order valence-electron chi connectivity index (χ2n) is 2.48. The van der Waals surface area contributed by atoms with Crippen molar-refractivity contribution in [3.63, 3.8) is 0 Å². The van der Waals surface area contributed by atoms with Gasteiger partial charge in [-0.05, 0) is 6.92 Å². The van der Waals surface area contributed by atoms with Gasteiger partial charge in [-0.3, -0.25) is 0 Å². The first kappa shape index (κ1) is 7.12. The maximum Gasteiger partial charge on any atom is 0.337 e. The normalized spacial score (nSPS) is 36.6. The highest BCUT2D eigenvalue weighted by Crippen LogP contribution is 2.25. The van der Waals surface area contributed by atoms with Crippen LogP contribution < -0.4 is 0 Å². The summed E-state index contributed by atoms with van der Waals surface area (Å²) in [5, 5.41) is 8.56. The standard InChI is InChI=1S/C7H10O3/c1-4-5(2)10-7(9)6(4)3-8/h3-5,8H,1-2H3/b6-3+. The number of aliphatic hydroxyl groups is 1. The number of ether oxygens (including phenoxy) is 1. The van der Waals surface area contributed by atoms with Crippen molar-refractivity contribution in [3.8, 4) is 0 Å². The molecule has 3 heteroatoms. The maximum absolute atomic E-state index is 10.8. The third-order valence-electron chi connectivity index (χ3n) is 1.86. The van der Waals surface area contributed by atoms with Crippen LogP contribution in [0.1, 0.15) is 13.8 Å². The van der Waals surface area contributed by atoms with Gasteiger partial charge in [-0.15, -0.1) is 0 Å². The number of cyclic esters (lactones) is 1. The molecule has 1 heterocycles. The molecule has 10 heavy (non-hydrogen) atoms. The van der Waals surface area contributed by atoms with Crippen molar-refractivity contribution in [3.05, 3.63) is 11.8 Å². The van der Waals surface area contributed by atoms with Gasteiger partial charge < -0.3 is 9.84 Å². The first-order chi connectivity index (χ1) is 4.66. The fraction of sp³-hybridized carbons (Fsp3) is 0.571. The van der Waals surface area contributed by atoms with Gasteiger partial charge in [0.25, 0.3) is 0 Å². The number of esters is 1. The van der Waals surface area contributed by atoms with Crippen molar-refractivity contribution in [2.75, 3.05) is 0 Å². The van der Waals surface area contributed by atoms with E-state index in [0.29, 0.717) is 5.57 Å². The number of aliphatic hydroxyl groups excluding tert-OH is 1. The van der Waals surface area contributed by atoms with E-state index in [2.05, 4.69) is 0 Å². The zero-order chi connectivity index (χ0) is 7.72. The molecule has 1 saturated heterocycles. The lowest BCUT2D eigenvalue weighted by atomic mass is 10.0. The summed E-state index contributed by atoms with van der Waals surface area (Å²) < 4.78 is 4.81. The predicted molar refractivity (Wildman–Crippen MR) is 35.4 cm³/mol. The van der Waals surface area contributed by atoms with Crippen LogP contribution in [0, 0.1) is 5.92 Å². The van der Waals surface area contributed by atoms with Crippen molar-refractivity contribution in [2.24, 2.45) is 5.92 Å². The summed E-state index contributed by atoms with van der Waals surface area (Å²) in [6, 6.07) is 0. The Morgan fingerprint density at radius 3 is 2.40 bits per heavy atom. The summed E-state index contributed by atoms with van der Waals surface area (Å²) in [6.45, 7) is 3.65. The number of hydrogen-bond acceptors (Lipinski definition) is 3. The van der Waals surface area contributed by atoms with Crippen LogP contribution in [0.5, 0.6) is 0 Å². The Bertz CT molecular complexity index is 183. The van der Waals surface area contributed by atoms with Gasteiger partial charge in [-0.1, -0.05) is 6.92 Å². The minimum Gasteiger partial charge on any atom is -0.515 e. The molecule has 0 aromatic heterocycles. The summed E-state index contributed by atoms with van der Waals surface area (Å²) >= 11 is 0. The van der Waals surface area contributed by atoms with E-state index in [1.165, 1.54) is 0 Å². The summed E-state index contributed by atoms with van der Waals surface area (Å²) in [5.74, 6) is -0.389. The maximum atomic E-state index is 10.8. The molecule has 0 aromatic carbocycles. The van der Waals surface area contributed by atoms with Crippen LogP contribution >= 0.6 is 0 Å². The van der Waals surface area contributed by atoms with Crippen LogP contribution in [-0.4, -0.2) is 17.2 Å². The summed E-state index contributed by atoms with van der Waals surface area (Å²) in [4.78, 5) is 10.8. The average molecular weight is 142 g/mol. The highest BCUT2D eigenvalue weighted by Gasteiger charge is 2.33. The predicted octanol–water partition coefficient (Wildman–Crippen LogP) is 1.01. The lowest BCUT2D eigenvalue weighted by Crippen LogP contribution is -2.07. The molecular weight excluding hydrogens is 132 g/mol. The minimum absolute atomic E-state index is 0.0116. The number of rotatable bonds is 0. The van der Waals surface area contributed by atoms with Gasteiger partial charge in [0.05, 0.1) is 11.8 Å². The van der Waals surface area contributed by atoms with Crippen LogP contribution in [0.25, 0.3) is 0 Å². The van der Waals surface area contributed by atoms with Crippen molar-refractivity contribution in [2.45, 2.75) is 20.0 Å². The lowest BCUT2D eigenvalue weighted by molar-refractivity contribution is -0.138. The van der Waals surface area contributed by atoms with Crippen molar-refractivity contribution < 1.29 is 14.6 Å². The van der Waals surface area contributed by atoms with Crippen LogP contribution in [0.2, 0.25) is 0 Å². The molecular formula is C7H10O3. The van der Waals surface area contributed by atoms with E-state index in [1.807, 2.05) is 6.92 Å². The monoisotopic (exact) mass is 142 g/mol.